The Morgan fingerprint density at radius 3 is 2.56 bits per heavy atom. The van der Waals surface area contributed by atoms with Crippen LogP contribution in [0.3, 0.4) is 0 Å². The molecule has 0 saturated heterocycles. The molecule has 0 unspecified atom stereocenters. The van der Waals surface area contributed by atoms with Crippen LogP contribution in [0.4, 0.5) is 0 Å². The van der Waals surface area contributed by atoms with Gasteiger partial charge in [0.25, 0.3) is 0 Å². The van der Waals surface area contributed by atoms with Gasteiger partial charge in [-0.05, 0) is 11.6 Å². The van der Waals surface area contributed by atoms with Crippen molar-refractivity contribution < 1.29 is 0 Å². The van der Waals surface area contributed by atoms with E-state index in [2.05, 4.69) is 6.07 Å². The van der Waals surface area contributed by atoms with Gasteiger partial charge in [0.05, 0.1) is 17.0 Å². The highest BCUT2D eigenvalue weighted by atomic mass is 32.1. The molecule has 0 aliphatic carbocycles. The van der Waals surface area contributed by atoms with Crippen LogP contribution in [0.15, 0.2) is 36.4 Å². The lowest BCUT2D eigenvalue weighted by Crippen LogP contribution is -1.96. The fraction of sp³-hybridized carbons (Fsp3) is 0.0769. The summed E-state index contributed by atoms with van der Waals surface area (Å²) in [5.74, 6) is 0. The maximum absolute atomic E-state index is 9.10. The highest BCUT2D eigenvalue weighted by molar-refractivity contribution is 7.79. The summed E-state index contributed by atoms with van der Waals surface area (Å²) in [7, 11) is 1.92. The lowest BCUT2D eigenvalue weighted by atomic mass is 10.1. The molecule has 16 heavy (non-hydrogen) atoms. The van der Waals surface area contributed by atoms with E-state index >= 15 is 0 Å². The minimum atomic E-state index is 0.657. The zero-order valence-electron chi connectivity index (χ0n) is 8.84. The predicted octanol–water partition coefficient (Wildman–Crippen LogP) is 2.91. The van der Waals surface area contributed by atoms with Crippen LogP contribution in [0.5, 0.6) is 0 Å². The minimum absolute atomic E-state index is 0.657. The van der Waals surface area contributed by atoms with E-state index in [0.29, 0.717) is 5.56 Å². The molecule has 0 amide bonds. The molecule has 0 saturated carbocycles. The molecule has 78 valence electrons. The van der Waals surface area contributed by atoms with Gasteiger partial charge in [-0.25, -0.2) is 0 Å². The number of benzene rings is 1. The summed E-state index contributed by atoms with van der Waals surface area (Å²) >= 11 is 4.92. The molecule has 0 atom stereocenters. The smallest absolute Gasteiger partial charge is 0.101 e. The van der Waals surface area contributed by atoms with E-state index in [1.165, 1.54) is 0 Å². The van der Waals surface area contributed by atoms with Crippen LogP contribution in [-0.4, -0.2) is 9.93 Å². The average molecular weight is 226 g/mol. The summed E-state index contributed by atoms with van der Waals surface area (Å²) in [5.41, 5.74) is 3.49. The first kappa shape index (κ1) is 10.6. The molecular weight excluding hydrogens is 216 g/mol. The van der Waals surface area contributed by atoms with E-state index in [1.54, 1.807) is 5.37 Å². The van der Waals surface area contributed by atoms with Crippen molar-refractivity contribution in [1.82, 2.24) is 4.57 Å². The molecule has 0 bridgehead atoms. The second-order valence-corrected chi connectivity index (χ2v) is 3.72. The first-order chi connectivity index (χ1) is 7.77. The van der Waals surface area contributed by atoms with E-state index in [4.69, 9.17) is 17.5 Å². The van der Waals surface area contributed by atoms with E-state index in [0.717, 1.165) is 17.0 Å². The van der Waals surface area contributed by atoms with E-state index < -0.39 is 0 Å². The maximum atomic E-state index is 9.10. The zero-order chi connectivity index (χ0) is 11.5. The van der Waals surface area contributed by atoms with Crippen LogP contribution in [-0.2, 0) is 7.05 Å². The Bertz CT molecular complexity index is 562. The zero-order valence-corrected chi connectivity index (χ0v) is 9.66. The topological polar surface area (TPSA) is 28.7 Å². The Balaban J connectivity index is 2.70. The molecule has 0 fully saturated rings. The summed E-state index contributed by atoms with van der Waals surface area (Å²) < 4.78 is 1.95. The molecule has 0 N–H and O–H groups in total. The predicted molar refractivity (Wildman–Crippen MR) is 68.3 cm³/mol. The Kier molecular flexibility index (Phi) is 2.84. The summed E-state index contributed by atoms with van der Waals surface area (Å²) in [6.07, 6.45) is 0. The first-order valence-electron chi connectivity index (χ1n) is 4.88. The highest BCUT2D eigenvalue weighted by Crippen LogP contribution is 2.25. The monoisotopic (exact) mass is 226 g/mol. The number of hydrogen-bond acceptors (Lipinski definition) is 2. The normalized spacial score (nSPS) is 9.75. The summed E-state index contributed by atoms with van der Waals surface area (Å²) in [6, 6.07) is 13.9. The highest BCUT2D eigenvalue weighted by Gasteiger charge is 2.12. The van der Waals surface area contributed by atoms with Gasteiger partial charge in [-0.2, -0.15) is 5.26 Å². The summed E-state index contributed by atoms with van der Waals surface area (Å²) in [4.78, 5) is 0. The standard InChI is InChI=1S/C13H10N2S/c1-15-12(9-16)7-11(8-14)13(15)10-5-3-2-4-6-10/h2-7,9H,1H3. The fourth-order valence-electron chi connectivity index (χ4n) is 1.77. The van der Waals surface area contributed by atoms with Crippen molar-refractivity contribution in [3.63, 3.8) is 0 Å². The van der Waals surface area contributed by atoms with Crippen molar-refractivity contribution in [3.8, 4) is 17.3 Å². The van der Waals surface area contributed by atoms with E-state index in [1.807, 2.05) is 48.0 Å². The molecule has 0 aliphatic rings. The molecule has 1 heterocycles. The second kappa shape index (κ2) is 4.30. The van der Waals surface area contributed by atoms with Crippen LogP contribution in [0.1, 0.15) is 11.3 Å². The van der Waals surface area contributed by atoms with Crippen LogP contribution < -0.4 is 0 Å². The molecule has 2 rings (SSSR count). The SMILES string of the molecule is Cn1c(C=S)cc(C#N)c1-c1ccccc1. The van der Waals surface area contributed by atoms with Gasteiger partial charge in [-0.3, -0.25) is 0 Å². The Morgan fingerprint density at radius 1 is 1.31 bits per heavy atom. The van der Waals surface area contributed by atoms with Crippen LogP contribution >= 0.6 is 12.2 Å². The Morgan fingerprint density at radius 2 is 2.00 bits per heavy atom. The van der Waals surface area contributed by atoms with Crippen molar-refractivity contribution >= 4 is 17.6 Å². The van der Waals surface area contributed by atoms with Gasteiger partial charge in [0.15, 0.2) is 0 Å². The molecular formula is C13H10N2S. The van der Waals surface area contributed by atoms with Crippen molar-refractivity contribution in [2.45, 2.75) is 0 Å². The number of hydrogen-bond donors (Lipinski definition) is 0. The average Bonchev–Trinajstić information content (AvgIpc) is 2.66. The van der Waals surface area contributed by atoms with Crippen LogP contribution in [0.25, 0.3) is 11.3 Å². The number of nitriles is 1. The molecule has 2 nitrogen and oxygen atoms in total. The van der Waals surface area contributed by atoms with Crippen LogP contribution in [0.2, 0.25) is 0 Å². The first-order valence-corrected chi connectivity index (χ1v) is 5.35. The third-order valence-corrected chi connectivity index (χ3v) is 2.80. The third kappa shape index (κ3) is 1.64. The van der Waals surface area contributed by atoms with E-state index in [-0.39, 0.29) is 0 Å². The maximum Gasteiger partial charge on any atom is 0.101 e. The summed E-state index contributed by atoms with van der Waals surface area (Å²) in [6.45, 7) is 0. The second-order valence-electron chi connectivity index (χ2n) is 3.49. The lowest BCUT2D eigenvalue weighted by Gasteiger charge is -2.05. The molecule has 1 aromatic heterocycles. The van der Waals surface area contributed by atoms with Gasteiger partial charge in [-0.1, -0.05) is 42.5 Å². The van der Waals surface area contributed by atoms with Gasteiger partial charge < -0.3 is 4.57 Å². The van der Waals surface area contributed by atoms with Crippen molar-refractivity contribution in [2.24, 2.45) is 7.05 Å². The van der Waals surface area contributed by atoms with Gasteiger partial charge in [0, 0.05) is 12.4 Å². The molecule has 2 aromatic rings. The van der Waals surface area contributed by atoms with E-state index in [9.17, 15) is 0 Å². The number of thiocarbonyl (C=S) groups is 1. The Hall–Kier alpha value is -1.92. The van der Waals surface area contributed by atoms with Gasteiger partial charge in [0.1, 0.15) is 6.07 Å². The number of nitrogens with zero attached hydrogens (tertiary/aromatic N) is 2. The lowest BCUT2D eigenvalue weighted by molar-refractivity contribution is 0.929. The molecule has 0 radical (unpaired) electrons. The third-order valence-electron chi connectivity index (χ3n) is 2.56. The largest absolute Gasteiger partial charge is 0.342 e. The molecule has 1 aromatic carbocycles. The van der Waals surface area contributed by atoms with Gasteiger partial charge in [-0.15, -0.1) is 0 Å². The summed E-state index contributed by atoms with van der Waals surface area (Å²) in [5, 5.41) is 10.7. The molecule has 0 aliphatic heterocycles. The van der Waals surface area contributed by atoms with Crippen molar-refractivity contribution in [3.05, 3.63) is 47.7 Å². The van der Waals surface area contributed by atoms with Crippen molar-refractivity contribution in [2.75, 3.05) is 0 Å². The van der Waals surface area contributed by atoms with Crippen LogP contribution in [0, 0.1) is 11.3 Å². The quantitative estimate of drug-likeness (QED) is 0.737. The minimum Gasteiger partial charge on any atom is -0.342 e. The van der Waals surface area contributed by atoms with Crippen molar-refractivity contribution in [1.29, 1.82) is 5.26 Å². The number of aromatic nitrogens is 1. The molecule has 3 heteroatoms. The fourth-order valence-corrected chi connectivity index (χ4v) is 1.99. The van der Waals surface area contributed by atoms with Gasteiger partial charge >= 0.3 is 0 Å². The number of rotatable bonds is 2. The van der Waals surface area contributed by atoms with Gasteiger partial charge in [0.2, 0.25) is 0 Å². The molecule has 0 spiro atoms. The Labute approximate surface area is 99.8 Å².